The number of carbonyl (C=O) groups is 3. The third-order valence-electron chi connectivity index (χ3n) is 5.19. The standard InChI is InChI=1S/C21H25I3O7/c1-4-5-6-11(18(25)10-7-30-21(9(2)3)31-8-10)12-15(22)13(19(26)27)17(24)14(16(12)23)20(28)29/h9-11,21H,4-8H2,1-3H3,(H,26,27)(H,28,29). The van der Waals surface area contributed by atoms with Gasteiger partial charge in [0.2, 0.25) is 0 Å². The van der Waals surface area contributed by atoms with E-state index in [0.717, 1.165) is 12.8 Å². The number of carboxylic acid groups (broad SMARTS) is 2. The monoisotopic (exact) mass is 770 g/mol. The summed E-state index contributed by atoms with van der Waals surface area (Å²) in [6.45, 7) is 6.44. The Morgan fingerprint density at radius 1 is 0.968 bits per heavy atom. The number of carbonyl (C=O) groups excluding carboxylic acids is 1. The molecule has 0 aromatic heterocycles. The topological polar surface area (TPSA) is 110 Å². The molecule has 7 nitrogen and oxygen atoms in total. The van der Waals surface area contributed by atoms with E-state index in [4.69, 9.17) is 9.47 Å². The molecule has 0 radical (unpaired) electrons. The third kappa shape index (κ3) is 6.09. The molecule has 1 aliphatic heterocycles. The zero-order valence-electron chi connectivity index (χ0n) is 17.4. The molecule has 1 aromatic carbocycles. The zero-order chi connectivity index (χ0) is 23.5. The number of aromatic carboxylic acids is 2. The molecule has 0 aliphatic carbocycles. The van der Waals surface area contributed by atoms with Gasteiger partial charge in [-0.1, -0.05) is 33.6 Å². The summed E-state index contributed by atoms with van der Waals surface area (Å²) in [5, 5.41) is 19.5. The predicted molar refractivity (Wildman–Crippen MR) is 140 cm³/mol. The maximum atomic E-state index is 13.6. The van der Waals surface area contributed by atoms with Crippen molar-refractivity contribution < 1.29 is 34.1 Å². The van der Waals surface area contributed by atoms with Gasteiger partial charge in [-0.15, -0.1) is 0 Å². The highest BCUT2D eigenvalue weighted by Gasteiger charge is 2.38. The Hall–Kier alpha value is -0.0600. The van der Waals surface area contributed by atoms with Crippen molar-refractivity contribution in [2.45, 2.75) is 52.2 Å². The summed E-state index contributed by atoms with van der Waals surface area (Å²) < 4.78 is 12.5. The maximum Gasteiger partial charge on any atom is 0.337 e. The fourth-order valence-electron chi connectivity index (χ4n) is 3.55. The van der Waals surface area contributed by atoms with Crippen LogP contribution in [-0.2, 0) is 14.3 Å². The lowest BCUT2D eigenvalue weighted by molar-refractivity contribution is -0.218. The van der Waals surface area contributed by atoms with Crippen molar-refractivity contribution in [2.24, 2.45) is 11.8 Å². The number of rotatable bonds is 9. The first-order valence-electron chi connectivity index (χ1n) is 9.96. The van der Waals surface area contributed by atoms with E-state index in [2.05, 4.69) is 0 Å². The molecule has 10 heteroatoms. The molecule has 1 aromatic rings. The van der Waals surface area contributed by atoms with Crippen molar-refractivity contribution in [3.8, 4) is 0 Å². The number of carboxylic acids is 2. The molecule has 1 unspecified atom stereocenters. The van der Waals surface area contributed by atoms with E-state index in [-0.39, 0.29) is 45.9 Å². The van der Waals surface area contributed by atoms with Crippen LogP contribution < -0.4 is 0 Å². The Morgan fingerprint density at radius 2 is 1.45 bits per heavy atom. The van der Waals surface area contributed by atoms with Crippen LogP contribution in [0, 0.1) is 22.5 Å². The molecule has 2 rings (SSSR count). The van der Waals surface area contributed by atoms with Gasteiger partial charge in [0.15, 0.2) is 6.29 Å². The molecular weight excluding hydrogens is 745 g/mol. The normalized spacial score (nSPS) is 20.0. The average molecular weight is 770 g/mol. The summed E-state index contributed by atoms with van der Waals surface area (Å²) in [6.07, 6.45) is 1.76. The highest BCUT2D eigenvalue weighted by atomic mass is 127. The van der Waals surface area contributed by atoms with E-state index in [1.54, 1.807) is 22.6 Å². The highest BCUT2D eigenvalue weighted by molar-refractivity contribution is 14.1. The Morgan fingerprint density at radius 3 is 1.84 bits per heavy atom. The van der Waals surface area contributed by atoms with Gasteiger partial charge in [-0.25, -0.2) is 9.59 Å². The second kappa shape index (κ2) is 11.9. The SMILES string of the molecule is CCCCC(C(=O)C1COC(C(C)C)OC1)c1c(I)c(C(=O)O)c(I)c(C(=O)O)c1I. The van der Waals surface area contributed by atoms with Crippen LogP contribution in [0.25, 0.3) is 0 Å². The molecule has 1 saturated heterocycles. The number of ether oxygens (including phenoxy) is 2. The van der Waals surface area contributed by atoms with E-state index < -0.39 is 23.8 Å². The quantitative estimate of drug-likeness (QED) is 0.325. The average Bonchev–Trinajstić information content (AvgIpc) is 2.69. The summed E-state index contributed by atoms with van der Waals surface area (Å²) in [5.74, 6) is -3.45. The van der Waals surface area contributed by atoms with Crippen molar-refractivity contribution in [2.75, 3.05) is 13.2 Å². The predicted octanol–water partition coefficient (Wildman–Crippen LogP) is 5.38. The zero-order valence-corrected chi connectivity index (χ0v) is 23.9. The number of ketones is 1. The summed E-state index contributed by atoms with van der Waals surface area (Å²) in [5.41, 5.74) is 0.347. The minimum absolute atomic E-state index is 0.0701. The van der Waals surface area contributed by atoms with Crippen LogP contribution in [0.3, 0.4) is 0 Å². The second-order valence-corrected chi connectivity index (χ2v) is 11.0. The Kier molecular flexibility index (Phi) is 10.4. The van der Waals surface area contributed by atoms with E-state index in [0.29, 0.717) is 19.1 Å². The number of hydrogen-bond donors (Lipinski definition) is 2. The number of benzene rings is 1. The first-order valence-corrected chi connectivity index (χ1v) is 13.2. The molecule has 172 valence electrons. The van der Waals surface area contributed by atoms with Crippen molar-refractivity contribution in [1.29, 1.82) is 0 Å². The lowest BCUT2D eigenvalue weighted by Crippen LogP contribution is -2.40. The molecule has 0 saturated carbocycles. The van der Waals surface area contributed by atoms with Crippen molar-refractivity contribution in [1.82, 2.24) is 0 Å². The van der Waals surface area contributed by atoms with Gasteiger partial charge >= 0.3 is 11.9 Å². The number of hydrogen-bond acceptors (Lipinski definition) is 5. The maximum absolute atomic E-state index is 13.6. The Bertz CT molecular complexity index is 820. The fraction of sp³-hybridized carbons (Fsp3) is 0.571. The van der Waals surface area contributed by atoms with Gasteiger partial charge in [0.1, 0.15) is 5.78 Å². The lowest BCUT2D eigenvalue weighted by atomic mass is 9.82. The summed E-state index contributed by atoms with van der Waals surface area (Å²) in [7, 11) is 0. The number of unbranched alkanes of at least 4 members (excludes halogenated alkanes) is 1. The van der Waals surface area contributed by atoms with Crippen molar-refractivity contribution >= 4 is 85.5 Å². The van der Waals surface area contributed by atoms with Crippen LogP contribution >= 0.6 is 67.8 Å². The van der Waals surface area contributed by atoms with E-state index in [9.17, 15) is 24.6 Å². The lowest BCUT2D eigenvalue weighted by Gasteiger charge is -2.33. The van der Waals surface area contributed by atoms with Crippen LogP contribution in [-0.4, -0.2) is 47.4 Å². The van der Waals surface area contributed by atoms with Crippen LogP contribution in [0.2, 0.25) is 0 Å². The van der Waals surface area contributed by atoms with Crippen LogP contribution in [0.15, 0.2) is 0 Å². The molecule has 2 N–H and O–H groups in total. The molecular formula is C21H25I3O7. The first kappa shape index (κ1) is 27.2. The summed E-state index contributed by atoms with van der Waals surface area (Å²) in [6, 6.07) is 0. The van der Waals surface area contributed by atoms with Gasteiger partial charge in [-0.05, 0) is 79.8 Å². The van der Waals surface area contributed by atoms with Crippen LogP contribution in [0.1, 0.15) is 72.2 Å². The molecule has 0 spiro atoms. The van der Waals surface area contributed by atoms with Gasteiger partial charge in [0.05, 0.1) is 30.3 Å². The minimum Gasteiger partial charge on any atom is -0.478 e. The van der Waals surface area contributed by atoms with Crippen molar-refractivity contribution in [3.05, 3.63) is 27.4 Å². The smallest absolute Gasteiger partial charge is 0.337 e. The summed E-state index contributed by atoms with van der Waals surface area (Å²) >= 11 is 5.63. The van der Waals surface area contributed by atoms with Crippen LogP contribution in [0.5, 0.6) is 0 Å². The molecule has 1 aliphatic rings. The van der Waals surface area contributed by atoms with Gasteiger partial charge in [-0.3, -0.25) is 4.79 Å². The Labute approximate surface area is 222 Å². The molecule has 1 atom stereocenters. The Balaban J connectivity index is 2.57. The fourth-order valence-corrected chi connectivity index (χ4v) is 8.39. The van der Waals surface area contributed by atoms with Gasteiger partial charge in [0, 0.05) is 22.5 Å². The first-order chi connectivity index (χ1) is 14.5. The molecule has 0 amide bonds. The van der Waals surface area contributed by atoms with Gasteiger partial charge in [0.25, 0.3) is 0 Å². The van der Waals surface area contributed by atoms with E-state index >= 15 is 0 Å². The molecule has 0 bridgehead atoms. The molecule has 31 heavy (non-hydrogen) atoms. The largest absolute Gasteiger partial charge is 0.478 e. The molecule has 1 fully saturated rings. The highest BCUT2D eigenvalue weighted by Crippen LogP contribution is 2.40. The van der Waals surface area contributed by atoms with Gasteiger partial charge in [-0.2, -0.15) is 0 Å². The van der Waals surface area contributed by atoms with Crippen molar-refractivity contribution in [3.63, 3.8) is 0 Å². The second-order valence-electron chi connectivity index (χ2n) is 7.79. The van der Waals surface area contributed by atoms with E-state index in [1.807, 2.05) is 66.0 Å². The third-order valence-corrected chi connectivity index (χ3v) is 8.51. The number of Topliss-reactive ketones (excluding diaryl/α,β-unsaturated/α-hetero) is 1. The number of halogens is 3. The minimum atomic E-state index is -1.21. The van der Waals surface area contributed by atoms with Crippen LogP contribution in [0.4, 0.5) is 0 Å². The van der Waals surface area contributed by atoms with E-state index in [1.165, 1.54) is 0 Å². The summed E-state index contributed by atoms with van der Waals surface area (Å²) in [4.78, 5) is 37.5. The molecule has 1 heterocycles. The van der Waals surface area contributed by atoms with Gasteiger partial charge < -0.3 is 19.7 Å².